The fraction of sp³-hybridized carbons (Fsp3) is 0.600. The Morgan fingerprint density at radius 2 is 1.72 bits per heavy atom. The molecule has 0 aliphatic carbocycles. The summed E-state index contributed by atoms with van der Waals surface area (Å²) in [5, 5.41) is 0. The lowest BCUT2D eigenvalue weighted by molar-refractivity contribution is -0.158. The van der Waals surface area contributed by atoms with Crippen LogP contribution in [0.15, 0.2) is 29.2 Å². The average Bonchev–Trinajstić information content (AvgIpc) is 2.63. The zero-order chi connectivity index (χ0) is 21.8. The molecule has 0 unspecified atom stereocenters. The number of hydrogen-bond donors (Lipinski definition) is 1. The molecule has 1 aliphatic heterocycles. The topological polar surface area (TPSA) is 102 Å². The second-order valence-corrected chi connectivity index (χ2v) is 9.53. The minimum absolute atomic E-state index is 0.0638. The Balaban J connectivity index is 2.00. The number of carbonyl (C=O) groups excluding carboxylic acids is 2. The Morgan fingerprint density at radius 3 is 2.24 bits per heavy atom. The minimum atomic E-state index is -3.90. The molecule has 1 saturated heterocycles. The average molecular weight is 427 g/mol. The van der Waals surface area contributed by atoms with Crippen molar-refractivity contribution in [3.05, 3.63) is 29.8 Å². The predicted molar refractivity (Wildman–Crippen MR) is 108 cm³/mol. The highest BCUT2D eigenvalue weighted by molar-refractivity contribution is 7.89. The molecule has 1 N–H and O–H groups in total. The van der Waals surface area contributed by atoms with E-state index in [1.165, 1.54) is 12.1 Å². The summed E-state index contributed by atoms with van der Waals surface area (Å²) in [6.45, 7) is 9.42. The molecule has 9 heteroatoms. The van der Waals surface area contributed by atoms with E-state index in [0.29, 0.717) is 13.1 Å². The third-order valence-corrected chi connectivity index (χ3v) is 6.10. The first kappa shape index (κ1) is 23.3. The second-order valence-electron chi connectivity index (χ2n) is 7.82. The van der Waals surface area contributed by atoms with Gasteiger partial charge in [-0.25, -0.2) is 8.42 Å². The molecule has 1 aliphatic rings. The van der Waals surface area contributed by atoms with Crippen molar-refractivity contribution < 1.29 is 27.5 Å². The molecular weight excluding hydrogens is 396 g/mol. The molecule has 0 bridgehead atoms. The standard InChI is InChI=1S/C20H30N2O6S/c1-13(2)19(21-29(25,26)17-8-6-14(3)7-9-17)20(24)27-12-18(23)22-10-15(4)28-16(5)11-22/h6-9,13,15-16,19,21H,10-12H2,1-5H3/t15-,16+,19-/m0/s1. The van der Waals surface area contributed by atoms with E-state index in [9.17, 15) is 18.0 Å². The van der Waals surface area contributed by atoms with Gasteiger partial charge < -0.3 is 14.4 Å². The van der Waals surface area contributed by atoms with Gasteiger partial charge in [-0.05, 0) is 38.8 Å². The molecule has 29 heavy (non-hydrogen) atoms. The van der Waals surface area contributed by atoms with Crippen LogP contribution in [0, 0.1) is 12.8 Å². The molecule has 0 saturated carbocycles. The summed E-state index contributed by atoms with van der Waals surface area (Å²) in [5.41, 5.74) is 0.925. The maximum absolute atomic E-state index is 12.6. The van der Waals surface area contributed by atoms with Crippen LogP contribution in [0.5, 0.6) is 0 Å². The number of ether oxygens (including phenoxy) is 2. The molecule has 1 amide bonds. The molecule has 0 radical (unpaired) electrons. The van der Waals surface area contributed by atoms with Gasteiger partial charge in [0.2, 0.25) is 10.0 Å². The largest absolute Gasteiger partial charge is 0.454 e. The molecular formula is C20H30N2O6S. The summed E-state index contributed by atoms with van der Waals surface area (Å²) in [5.74, 6) is -1.47. The minimum Gasteiger partial charge on any atom is -0.454 e. The lowest BCUT2D eigenvalue weighted by Crippen LogP contribution is -2.50. The number of morpholine rings is 1. The van der Waals surface area contributed by atoms with E-state index in [2.05, 4.69) is 4.72 Å². The second kappa shape index (κ2) is 9.69. The summed E-state index contributed by atoms with van der Waals surface area (Å²) in [7, 11) is -3.90. The summed E-state index contributed by atoms with van der Waals surface area (Å²) in [6, 6.07) is 5.21. The van der Waals surface area contributed by atoms with Crippen molar-refractivity contribution >= 4 is 21.9 Å². The van der Waals surface area contributed by atoms with Crippen LogP contribution < -0.4 is 4.72 Å². The molecule has 3 atom stereocenters. The lowest BCUT2D eigenvalue weighted by atomic mass is 10.1. The highest BCUT2D eigenvalue weighted by Crippen LogP contribution is 2.14. The van der Waals surface area contributed by atoms with E-state index in [4.69, 9.17) is 9.47 Å². The van der Waals surface area contributed by atoms with Gasteiger partial charge in [0.05, 0.1) is 17.1 Å². The number of aryl methyl sites for hydroxylation is 1. The fourth-order valence-electron chi connectivity index (χ4n) is 3.10. The Morgan fingerprint density at radius 1 is 1.17 bits per heavy atom. The summed E-state index contributed by atoms with van der Waals surface area (Å²) in [6.07, 6.45) is -0.189. The van der Waals surface area contributed by atoms with E-state index < -0.39 is 28.6 Å². The van der Waals surface area contributed by atoms with Crippen molar-refractivity contribution in [1.29, 1.82) is 0 Å². The number of carbonyl (C=O) groups is 2. The van der Waals surface area contributed by atoms with Crippen LogP contribution in [0.3, 0.4) is 0 Å². The maximum atomic E-state index is 12.6. The van der Waals surface area contributed by atoms with Crippen LogP contribution in [-0.4, -0.2) is 63.1 Å². The first-order chi connectivity index (χ1) is 13.5. The number of nitrogens with zero attached hydrogens (tertiary/aromatic N) is 1. The normalized spacial score (nSPS) is 21.1. The number of esters is 1. The van der Waals surface area contributed by atoms with Gasteiger partial charge in [-0.1, -0.05) is 31.5 Å². The van der Waals surface area contributed by atoms with Gasteiger partial charge in [-0.15, -0.1) is 0 Å². The Hall–Kier alpha value is -1.97. The zero-order valence-corrected chi connectivity index (χ0v) is 18.4. The fourth-order valence-corrected chi connectivity index (χ4v) is 4.44. The van der Waals surface area contributed by atoms with E-state index in [0.717, 1.165) is 5.56 Å². The molecule has 8 nitrogen and oxygen atoms in total. The SMILES string of the molecule is Cc1ccc(S(=O)(=O)N[C@H](C(=O)OCC(=O)N2C[C@@H](C)O[C@@H](C)C2)C(C)C)cc1. The molecule has 162 valence electrons. The van der Waals surface area contributed by atoms with Crippen LogP contribution in [0.2, 0.25) is 0 Å². The summed E-state index contributed by atoms with van der Waals surface area (Å²) >= 11 is 0. The Labute approximate surface area is 172 Å². The maximum Gasteiger partial charge on any atom is 0.324 e. The van der Waals surface area contributed by atoms with Gasteiger partial charge in [-0.3, -0.25) is 9.59 Å². The summed E-state index contributed by atoms with van der Waals surface area (Å²) in [4.78, 5) is 26.6. The number of nitrogens with one attached hydrogen (secondary N) is 1. The molecule has 1 heterocycles. The van der Waals surface area contributed by atoms with Crippen molar-refractivity contribution in [1.82, 2.24) is 9.62 Å². The molecule has 1 aromatic carbocycles. The number of amides is 1. The van der Waals surface area contributed by atoms with Gasteiger partial charge >= 0.3 is 5.97 Å². The van der Waals surface area contributed by atoms with Gasteiger partial charge in [0, 0.05) is 13.1 Å². The van der Waals surface area contributed by atoms with Gasteiger partial charge in [0.15, 0.2) is 6.61 Å². The zero-order valence-electron chi connectivity index (χ0n) is 17.5. The van der Waals surface area contributed by atoms with E-state index in [1.54, 1.807) is 30.9 Å². The van der Waals surface area contributed by atoms with E-state index in [1.807, 2.05) is 20.8 Å². The van der Waals surface area contributed by atoms with Crippen molar-refractivity contribution in [2.45, 2.75) is 57.8 Å². The Kier molecular flexibility index (Phi) is 7.79. The van der Waals surface area contributed by atoms with Crippen LogP contribution in [0.4, 0.5) is 0 Å². The predicted octanol–water partition coefficient (Wildman–Crippen LogP) is 1.48. The molecule has 1 fully saturated rings. The summed E-state index contributed by atoms with van der Waals surface area (Å²) < 4.78 is 38.4. The van der Waals surface area contributed by atoms with Crippen molar-refractivity contribution in [2.24, 2.45) is 5.92 Å². The smallest absolute Gasteiger partial charge is 0.324 e. The molecule has 2 rings (SSSR count). The van der Waals surface area contributed by atoms with E-state index in [-0.39, 0.29) is 28.9 Å². The first-order valence-electron chi connectivity index (χ1n) is 9.68. The molecule has 1 aromatic rings. The van der Waals surface area contributed by atoms with E-state index >= 15 is 0 Å². The number of benzene rings is 1. The quantitative estimate of drug-likeness (QED) is 0.663. The number of hydrogen-bond acceptors (Lipinski definition) is 6. The highest BCUT2D eigenvalue weighted by Gasteiger charge is 2.31. The third kappa shape index (κ3) is 6.52. The monoisotopic (exact) mass is 426 g/mol. The van der Waals surface area contributed by atoms with Gasteiger partial charge in [0.1, 0.15) is 6.04 Å². The Bertz CT molecular complexity index is 812. The molecule has 0 spiro atoms. The van der Waals surface area contributed by atoms with Crippen LogP contribution >= 0.6 is 0 Å². The van der Waals surface area contributed by atoms with Crippen LogP contribution in [0.1, 0.15) is 33.3 Å². The first-order valence-corrected chi connectivity index (χ1v) is 11.2. The highest BCUT2D eigenvalue weighted by atomic mass is 32.2. The number of sulfonamides is 1. The lowest BCUT2D eigenvalue weighted by Gasteiger charge is -2.35. The molecule has 0 aromatic heterocycles. The van der Waals surface area contributed by atoms with Crippen LogP contribution in [-0.2, 0) is 29.1 Å². The van der Waals surface area contributed by atoms with Gasteiger partial charge in [0.25, 0.3) is 5.91 Å². The van der Waals surface area contributed by atoms with Crippen molar-refractivity contribution in [2.75, 3.05) is 19.7 Å². The number of rotatable bonds is 7. The third-order valence-electron chi connectivity index (χ3n) is 4.64. The van der Waals surface area contributed by atoms with Crippen molar-refractivity contribution in [3.8, 4) is 0 Å². The van der Waals surface area contributed by atoms with Gasteiger partial charge in [-0.2, -0.15) is 4.72 Å². The van der Waals surface area contributed by atoms with Crippen molar-refractivity contribution in [3.63, 3.8) is 0 Å². The van der Waals surface area contributed by atoms with Crippen LogP contribution in [0.25, 0.3) is 0 Å².